The fraction of sp³-hybridized carbons (Fsp3) is 0.136. The molecule has 0 aromatic carbocycles. The molecule has 0 spiro atoms. The first kappa shape index (κ1) is 20.0. The van der Waals surface area contributed by atoms with E-state index >= 15 is 0 Å². The normalized spacial score (nSPS) is 19.5. The van der Waals surface area contributed by atoms with Gasteiger partial charge in [-0.3, -0.25) is 9.78 Å². The van der Waals surface area contributed by atoms with Crippen LogP contribution in [0.1, 0.15) is 11.3 Å². The Balaban J connectivity index is 1.79. The average molecular weight is 390 g/mol. The molecule has 1 aromatic heterocycles. The molecule has 0 saturated heterocycles. The predicted octanol–water partition coefficient (Wildman–Crippen LogP) is 2.78. The van der Waals surface area contributed by atoms with E-state index in [1.807, 2.05) is 48.6 Å². The highest BCUT2D eigenvalue weighted by Gasteiger charge is 2.25. The Morgan fingerprint density at radius 3 is 3.00 bits per heavy atom. The molecular formula is C22H22N4O3. The summed E-state index contributed by atoms with van der Waals surface area (Å²) in [7, 11) is 0. The van der Waals surface area contributed by atoms with Crippen LogP contribution in [0.15, 0.2) is 84.1 Å². The van der Waals surface area contributed by atoms with Crippen molar-refractivity contribution in [2.75, 3.05) is 13.2 Å². The molecule has 1 unspecified atom stereocenters. The maximum absolute atomic E-state index is 11.7. The number of aliphatic imine (C=N–C) groups is 1. The maximum atomic E-state index is 11.7. The summed E-state index contributed by atoms with van der Waals surface area (Å²) in [6.07, 6.45) is 22.3. The van der Waals surface area contributed by atoms with Gasteiger partial charge < -0.3 is 20.1 Å². The van der Waals surface area contributed by atoms with Gasteiger partial charge in [0.1, 0.15) is 5.70 Å². The van der Waals surface area contributed by atoms with Crippen LogP contribution in [-0.4, -0.2) is 41.4 Å². The molecular weight excluding hydrogens is 368 g/mol. The van der Waals surface area contributed by atoms with Crippen molar-refractivity contribution in [3.63, 3.8) is 0 Å². The molecule has 1 atom stereocenters. The quantitative estimate of drug-likeness (QED) is 0.796. The monoisotopic (exact) mass is 390 g/mol. The van der Waals surface area contributed by atoms with Gasteiger partial charge >= 0.3 is 0 Å². The van der Waals surface area contributed by atoms with E-state index in [4.69, 9.17) is 15.2 Å². The third-order valence-corrected chi connectivity index (χ3v) is 4.06. The lowest BCUT2D eigenvalue weighted by Gasteiger charge is -2.16. The zero-order valence-electron chi connectivity index (χ0n) is 15.8. The Morgan fingerprint density at radius 1 is 1.21 bits per heavy atom. The predicted molar refractivity (Wildman–Crippen MR) is 113 cm³/mol. The number of rotatable bonds is 1. The van der Waals surface area contributed by atoms with Crippen LogP contribution in [0.2, 0.25) is 0 Å². The third kappa shape index (κ3) is 6.15. The van der Waals surface area contributed by atoms with Gasteiger partial charge in [-0.05, 0) is 29.9 Å². The number of hydrogen-bond donors (Lipinski definition) is 1. The lowest BCUT2D eigenvalue weighted by atomic mass is 10.1. The molecule has 0 saturated carbocycles. The molecule has 2 aliphatic heterocycles. The summed E-state index contributed by atoms with van der Waals surface area (Å²) in [5.41, 5.74) is 7.67. The second-order valence-electron chi connectivity index (χ2n) is 6.08. The first-order valence-electron chi connectivity index (χ1n) is 9.09. The zero-order valence-corrected chi connectivity index (χ0v) is 15.8. The van der Waals surface area contributed by atoms with Crippen molar-refractivity contribution < 1.29 is 14.3 Å². The van der Waals surface area contributed by atoms with Gasteiger partial charge in [-0.25, -0.2) is 4.99 Å². The number of nitrogens with two attached hydrogens (primary N) is 1. The molecule has 3 heterocycles. The Labute approximate surface area is 169 Å². The van der Waals surface area contributed by atoms with Gasteiger partial charge in [0.05, 0.1) is 31.2 Å². The maximum Gasteiger partial charge on any atom is 0.265 e. The summed E-state index contributed by atoms with van der Waals surface area (Å²) in [5.74, 6) is -0.517. The molecule has 2 N–H and O–H groups in total. The molecule has 148 valence electrons. The SMILES string of the molecule is NC(=O)C1=CC2CN1C=CN=COC=CC=CC=Cc1ncccc1C=CCO2. The van der Waals surface area contributed by atoms with E-state index in [0.717, 1.165) is 11.3 Å². The molecule has 0 fully saturated rings. The van der Waals surface area contributed by atoms with Gasteiger partial charge in [0.2, 0.25) is 0 Å². The summed E-state index contributed by atoms with van der Waals surface area (Å²) >= 11 is 0. The molecule has 0 radical (unpaired) electrons. The number of primary amides is 1. The fourth-order valence-corrected chi connectivity index (χ4v) is 2.74. The number of fused-ring (bicyclic) bond motifs is 3. The van der Waals surface area contributed by atoms with Crippen LogP contribution in [-0.2, 0) is 14.3 Å². The minimum atomic E-state index is -0.517. The Kier molecular flexibility index (Phi) is 7.31. The van der Waals surface area contributed by atoms with Crippen molar-refractivity contribution in [3.8, 4) is 0 Å². The van der Waals surface area contributed by atoms with E-state index in [0.29, 0.717) is 18.8 Å². The van der Waals surface area contributed by atoms with Crippen LogP contribution < -0.4 is 5.73 Å². The van der Waals surface area contributed by atoms with Crippen molar-refractivity contribution in [2.24, 2.45) is 10.7 Å². The largest absolute Gasteiger partial charge is 0.453 e. The van der Waals surface area contributed by atoms with Gasteiger partial charge in [-0.1, -0.05) is 36.4 Å². The number of hydrogen-bond acceptors (Lipinski definition) is 6. The number of amides is 1. The highest BCUT2D eigenvalue weighted by atomic mass is 16.5. The summed E-state index contributed by atoms with van der Waals surface area (Å²) in [6.45, 7) is 0.865. The number of pyridine rings is 1. The zero-order chi connectivity index (χ0) is 20.3. The number of allylic oxidation sites excluding steroid dienone is 4. The molecule has 1 amide bonds. The van der Waals surface area contributed by atoms with Crippen LogP contribution in [0.25, 0.3) is 12.2 Å². The molecule has 3 rings (SSSR count). The summed E-state index contributed by atoms with van der Waals surface area (Å²) in [4.78, 5) is 21.8. The van der Waals surface area contributed by atoms with Gasteiger partial charge in [-0.15, -0.1) is 0 Å². The number of aromatic nitrogens is 1. The first-order valence-corrected chi connectivity index (χ1v) is 9.09. The fourth-order valence-electron chi connectivity index (χ4n) is 2.74. The van der Waals surface area contributed by atoms with Gasteiger partial charge in [-0.2, -0.15) is 0 Å². The minimum Gasteiger partial charge on any atom is -0.453 e. The van der Waals surface area contributed by atoms with E-state index in [9.17, 15) is 4.79 Å². The highest BCUT2D eigenvalue weighted by Crippen LogP contribution is 2.18. The van der Waals surface area contributed by atoms with E-state index in [1.54, 1.807) is 29.4 Å². The summed E-state index contributed by atoms with van der Waals surface area (Å²) in [6, 6.07) is 3.87. The lowest BCUT2D eigenvalue weighted by molar-refractivity contribution is -0.115. The molecule has 29 heavy (non-hydrogen) atoms. The summed E-state index contributed by atoms with van der Waals surface area (Å²) < 4.78 is 11.0. The van der Waals surface area contributed by atoms with E-state index in [1.165, 1.54) is 18.9 Å². The molecule has 1 aromatic rings. The first-order chi connectivity index (χ1) is 14.2. The third-order valence-electron chi connectivity index (χ3n) is 4.06. The van der Waals surface area contributed by atoms with Crippen LogP contribution in [0, 0.1) is 0 Å². The van der Waals surface area contributed by atoms with Crippen molar-refractivity contribution in [2.45, 2.75) is 6.10 Å². The molecule has 7 nitrogen and oxygen atoms in total. The van der Waals surface area contributed by atoms with Gasteiger partial charge in [0.15, 0.2) is 6.40 Å². The second-order valence-corrected chi connectivity index (χ2v) is 6.08. The van der Waals surface area contributed by atoms with Gasteiger partial charge in [0.25, 0.3) is 5.91 Å². The van der Waals surface area contributed by atoms with Crippen molar-refractivity contribution in [1.82, 2.24) is 9.88 Å². The average Bonchev–Trinajstić information content (AvgIpc) is 3.13. The van der Waals surface area contributed by atoms with Gasteiger partial charge in [0, 0.05) is 18.6 Å². The topological polar surface area (TPSA) is 90.0 Å². The van der Waals surface area contributed by atoms with Crippen LogP contribution in [0.3, 0.4) is 0 Å². The van der Waals surface area contributed by atoms with Crippen LogP contribution in [0.5, 0.6) is 0 Å². The Hall–Kier alpha value is -3.71. The van der Waals surface area contributed by atoms with Crippen molar-refractivity contribution >= 4 is 24.5 Å². The smallest absolute Gasteiger partial charge is 0.265 e. The van der Waals surface area contributed by atoms with Crippen LogP contribution >= 0.6 is 0 Å². The lowest BCUT2D eigenvalue weighted by Crippen LogP contribution is -2.26. The minimum absolute atomic E-state index is 0.251. The Morgan fingerprint density at radius 2 is 2.10 bits per heavy atom. The second kappa shape index (κ2) is 10.6. The number of carbonyl (C=O) groups is 1. The van der Waals surface area contributed by atoms with Crippen LogP contribution in [0.4, 0.5) is 0 Å². The number of nitrogens with zero attached hydrogens (tertiary/aromatic N) is 3. The highest BCUT2D eigenvalue weighted by molar-refractivity contribution is 5.92. The number of ether oxygens (including phenoxy) is 2. The molecule has 7 heteroatoms. The van der Waals surface area contributed by atoms with Crippen molar-refractivity contribution in [1.29, 1.82) is 0 Å². The van der Waals surface area contributed by atoms with E-state index in [2.05, 4.69) is 9.98 Å². The van der Waals surface area contributed by atoms with E-state index in [-0.39, 0.29) is 6.10 Å². The molecule has 2 bridgehead atoms. The van der Waals surface area contributed by atoms with E-state index < -0.39 is 5.91 Å². The standard InChI is InChI=1S/C22H22N4O3/c23-22(27)21-15-19-16-26(21)12-11-24-17-28-13-4-2-1-3-9-20-18(7-5-10-25-20)8-6-14-29-19/h1-13,15,17,19H,14,16H2,(H2,23,27). The Bertz CT molecular complexity index is 926. The summed E-state index contributed by atoms with van der Waals surface area (Å²) in [5, 5.41) is 0. The van der Waals surface area contributed by atoms with Crippen molar-refractivity contribution in [3.05, 3.63) is 90.4 Å². The number of carbonyl (C=O) groups excluding carboxylic acids is 1. The molecule has 0 aliphatic carbocycles. The molecule has 2 aliphatic rings.